The van der Waals surface area contributed by atoms with Crippen molar-refractivity contribution in [3.8, 4) is 5.75 Å². The van der Waals surface area contributed by atoms with E-state index in [1.165, 1.54) is 25.1 Å². The average Bonchev–Trinajstić information content (AvgIpc) is 3.09. The topological polar surface area (TPSA) is 74.4 Å². The van der Waals surface area contributed by atoms with Gasteiger partial charge in [-0.2, -0.15) is 0 Å². The number of aromatic amines is 1. The van der Waals surface area contributed by atoms with Gasteiger partial charge < -0.3 is 19.9 Å². The molecule has 2 N–H and O–H groups in total. The Morgan fingerprint density at radius 1 is 1.13 bits per heavy atom. The third kappa shape index (κ3) is 4.10. The van der Waals surface area contributed by atoms with Crippen molar-refractivity contribution in [3.05, 3.63) is 53.7 Å². The van der Waals surface area contributed by atoms with Crippen LogP contribution in [-0.2, 0) is 11.2 Å². The van der Waals surface area contributed by atoms with Crippen molar-refractivity contribution in [1.29, 1.82) is 0 Å². The Morgan fingerprint density at radius 2 is 1.93 bits per heavy atom. The minimum atomic E-state index is -4.79. The summed E-state index contributed by atoms with van der Waals surface area (Å²) in [7, 11) is 0. The molecule has 0 fully saturated rings. The number of carbonyl (C=O) groups is 2. The second kappa shape index (κ2) is 7.40. The molecule has 30 heavy (non-hydrogen) atoms. The Labute approximate surface area is 169 Å². The van der Waals surface area contributed by atoms with Crippen molar-refractivity contribution in [2.75, 3.05) is 16.8 Å². The molecule has 2 amide bonds. The highest BCUT2D eigenvalue weighted by atomic mass is 19.4. The number of fused-ring (bicyclic) bond motifs is 2. The van der Waals surface area contributed by atoms with Crippen molar-refractivity contribution in [2.45, 2.75) is 26.1 Å². The van der Waals surface area contributed by atoms with Crippen LogP contribution in [0.25, 0.3) is 10.9 Å². The van der Waals surface area contributed by atoms with E-state index in [1.54, 1.807) is 23.1 Å². The molecule has 2 heterocycles. The smallest absolute Gasteiger partial charge is 0.406 e. The summed E-state index contributed by atoms with van der Waals surface area (Å²) in [6, 6.07) is 10.7. The van der Waals surface area contributed by atoms with Gasteiger partial charge >= 0.3 is 6.36 Å². The first-order chi connectivity index (χ1) is 14.2. The maximum atomic E-state index is 12.6. The minimum absolute atomic E-state index is 0.0281. The Morgan fingerprint density at radius 3 is 2.67 bits per heavy atom. The van der Waals surface area contributed by atoms with Crippen molar-refractivity contribution < 1.29 is 27.5 Å². The number of nitrogens with zero attached hydrogens (tertiary/aromatic N) is 1. The SMILES string of the molecule is CC(=O)N1CCCc2cc(NC(=O)c3cc4ccc(OC(F)(F)F)cc4[nH]3)ccc21. The summed E-state index contributed by atoms with van der Waals surface area (Å²) in [6.45, 7) is 2.19. The lowest BCUT2D eigenvalue weighted by atomic mass is 10.0. The molecule has 3 aromatic rings. The number of hydrogen-bond donors (Lipinski definition) is 2. The summed E-state index contributed by atoms with van der Waals surface area (Å²) < 4.78 is 41.1. The van der Waals surface area contributed by atoms with Crippen LogP contribution in [0.2, 0.25) is 0 Å². The maximum absolute atomic E-state index is 12.6. The summed E-state index contributed by atoms with van der Waals surface area (Å²) >= 11 is 0. The van der Waals surface area contributed by atoms with Crippen LogP contribution in [0.5, 0.6) is 5.75 Å². The van der Waals surface area contributed by atoms with Crippen LogP contribution < -0.4 is 15.0 Å². The zero-order valence-electron chi connectivity index (χ0n) is 16.0. The number of aryl methyl sites for hydroxylation is 1. The summed E-state index contributed by atoms with van der Waals surface area (Å²) in [5.41, 5.74) is 2.94. The van der Waals surface area contributed by atoms with E-state index >= 15 is 0 Å². The Bertz CT molecular complexity index is 1140. The van der Waals surface area contributed by atoms with E-state index in [9.17, 15) is 22.8 Å². The van der Waals surface area contributed by atoms with Crippen LogP contribution in [0.3, 0.4) is 0 Å². The molecular weight excluding hydrogens is 399 g/mol. The van der Waals surface area contributed by atoms with E-state index < -0.39 is 12.3 Å². The van der Waals surface area contributed by atoms with Gasteiger partial charge in [0.05, 0.1) is 0 Å². The molecule has 0 saturated heterocycles. The lowest BCUT2D eigenvalue weighted by molar-refractivity contribution is -0.274. The van der Waals surface area contributed by atoms with Crippen molar-refractivity contribution in [2.24, 2.45) is 0 Å². The van der Waals surface area contributed by atoms with Crippen LogP contribution in [0.4, 0.5) is 24.5 Å². The van der Waals surface area contributed by atoms with Gasteiger partial charge in [0.15, 0.2) is 0 Å². The molecule has 0 atom stereocenters. The number of rotatable bonds is 3. The first-order valence-electron chi connectivity index (χ1n) is 9.30. The van der Waals surface area contributed by atoms with E-state index in [-0.39, 0.29) is 17.4 Å². The molecule has 0 spiro atoms. The number of halogens is 3. The van der Waals surface area contributed by atoms with Gasteiger partial charge in [0.2, 0.25) is 5.91 Å². The van der Waals surface area contributed by atoms with Gasteiger partial charge in [0, 0.05) is 41.8 Å². The van der Waals surface area contributed by atoms with Gasteiger partial charge in [-0.3, -0.25) is 9.59 Å². The second-order valence-electron chi connectivity index (χ2n) is 7.05. The average molecular weight is 417 g/mol. The third-order valence-electron chi connectivity index (χ3n) is 4.91. The van der Waals surface area contributed by atoms with Crippen LogP contribution in [0, 0.1) is 0 Å². The molecule has 0 radical (unpaired) electrons. The number of amides is 2. The standard InChI is InChI=1S/C21H18F3N3O3/c1-12(28)27-8-2-3-14-9-15(5-7-19(14)27)25-20(29)18-10-13-4-6-16(11-17(13)26-18)30-21(22,23)24/h4-7,9-11,26H,2-3,8H2,1H3,(H,25,29). The summed E-state index contributed by atoms with van der Waals surface area (Å²) in [6.07, 6.45) is -3.14. The maximum Gasteiger partial charge on any atom is 0.573 e. The summed E-state index contributed by atoms with van der Waals surface area (Å²) in [5.74, 6) is -0.822. The number of H-pyrrole nitrogens is 1. The Hall–Kier alpha value is -3.49. The number of anilines is 2. The molecule has 156 valence electrons. The largest absolute Gasteiger partial charge is 0.573 e. The Kier molecular flexibility index (Phi) is 4.89. The molecule has 0 saturated carbocycles. The number of benzene rings is 2. The molecule has 6 nitrogen and oxygen atoms in total. The van der Waals surface area contributed by atoms with E-state index in [1.807, 2.05) is 6.07 Å². The number of carbonyl (C=O) groups excluding carboxylic acids is 2. The van der Waals surface area contributed by atoms with Crippen LogP contribution in [-0.4, -0.2) is 29.7 Å². The number of aromatic nitrogens is 1. The molecule has 1 aromatic heterocycles. The van der Waals surface area contributed by atoms with Gasteiger partial charge in [-0.25, -0.2) is 0 Å². The first kappa shape index (κ1) is 19.8. The van der Waals surface area contributed by atoms with Crippen molar-refractivity contribution in [3.63, 3.8) is 0 Å². The molecule has 4 rings (SSSR count). The zero-order valence-corrected chi connectivity index (χ0v) is 16.0. The predicted molar refractivity (Wildman–Crippen MR) is 106 cm³/mol. The molecule has 1 aliphatic heterocycles. The highest BCUT2D eigenvalue weighted by Crippen LogP contribution is 2.30. The lowest BCUT2D eigenvalue weighted by Crippen LogP contribution is -2.33. The van der Waals surface area contributed by atoms with E-state index in [4.69, 9.17) is 0 Å². The summed E-state index contributed by atoms with van der Waals surface area (Å²) in [4.78, 5) is 28.9. The molecule has 0 bridgehead atoms. The molecule has 1 aliphatic rings. The monoisotopic (exact) mass is 417 g/mol. The van der Waals surface area contributed by atoms with Crippen LogP contribution in [0.15, 0.2) is 42.5 Å². The van der Waals surface area contributed by atoms with Gasteiger partial charge in [0.1, 0.15) is 11.4 Å². The fourth-order valence-electron chi connectivity index (χ4n) is 3.63. The molecule has 0 aliphatic carbocycles. The predicted octanol–water partition coefficient (Wildman–Crippen LogP) is 4.62. The molecular formula is C21H18F3N3O3. The zero-order chi connectivity index (χ0) is 21.5. The quantitative estimate of drug-likeness (QED) is 0.653. The van der Waals surface area contributed by atoms with Crippen LogP contribution >= 0.6 is 0 Å². The van der Waals surface area contributed by atoms with Gasteiger partial charge in [0.25, 0.3) is 5.91 Å². The summed E-state index contributed by atoms with van der Waals surface area (Å²) in [5, 5.41) is 3.36. The first-order valence-corrected chi connectivity index (χ1v) is 9.30. The molecule has 2 aromatic carbocycles. The van der Waals surface area contributed by atoms with Gasteiger partial charge in [-0.1, -0.05) is 0 Å². The minimum Gasteiger partial charge on any atom is -0.406 e. The fourth-order valence-corrected chi connectivity index (χ4v) is 3.63. The second-order valence-corrected chi connectivity index (χ2v) is 7.05. The van der Waals surface area contributed by atoms with Crippen molar-refractivity contribution in [1.82, 2.24) is 4.98 Å². The fraction of sp³-hybridized carbons (Fsp3) is 0.238. The highest BCUT2D eigenvalue weighted by Gasteiger charge is 2.31. The van der Waals surface area contributed by atoms with E-state index in [0.717, 1.165) is 24.1 Å². The third-order valence-corrected chi connectivity index (χ3v) is 4.91. The van der Waals surface area contributed by atoms with Gasteiger partial charge in [-0.05, 0) is 54.8 Å². The molecule has 9 heteroatoms. The highest BCUT2D eigenvalue weighted by molar-refractivity contribution is 6.06. The molecule has 0 unspecified atom stereocenters. The van der Waals surface area contributed by atoms with Gasteiger partial charge in [-0.15, -0.1) is 13.2 Å². The number of hydrogen-bond acceptors (Lipinski definition) is 3. The number of nitrogens with one attached hydrogen (secondary N) is 2. The normalized spacial score (nSPS) is 13.8. The Balaban J connectivity index is 1.54. The van der Waals surface area contributed by atoms with Crippen LogP contribution in [0.1, 0.15) is 29.4 Å². The van der Waals surface area contributed by atoms with E-state index in [0.29, 0.717) is 23.1 Å². The number of alkyl halides is 3. The number of ether oxygens (including phenoxy) is 1. The van der Waals surface area contributed by atoms with Crippen molar-refractivity contribution >= 4 is 34.1 Å². The lowest BCUT2D eigenvalue weighted by Gasteiger charge is -2.28. The van der Waals surface area contributed by atoms with E-state index in [2.05, 4.69) is 15.0 Å².